The van der Waals surface area contributed by atoms with Crippen molar-refractivity contribution in [3.8, 4) is 10.6 Å². The third-order valence-electron chi connectivity index (χ3n) is 4.04. The number of aromatic nitrogens is 2. The van der Waals surface area contributed by atoms with E-state index >= 15 is 0 Å². The van der Waals surface area contributed by atoms with Crippen LogP contribution < -0.4 is 10.6 Å². The summed E-state index contributed by atoms with van der Waals surface area (Å²) in [6, 6.07) is 5.70. The van der Waals surface area contributed by atoms with Crippen molar-refractivity contribution in [1.29, 1.82) is 0 Å². The van der Waals surface area contributed by atoms with Crippen LogP contribution in [0, 0.1) is 18.8 Å². The van der Waals surface area contributed by atoms with E-state index in [2.05, 4.69) is 27.5 Å². The summed E-state index contributed by atoms with van der Waals surface area (Å²) in [7, 11) is 0. The fraction of sp³-hybridized carbons (Fsp3) is 0.412. The van der Waals surface area contributed by atoms with Gasteiger partial charge in [0.2, 0.25) is 11.8 Å². The van der Waals surface area contributed by atoms with E-state index in [-0.39, 0.29) is 24.2 Å². The molecule has 0 spiro atoms. The summed E-state index contributed by atoms with van der Waals surface area (Å²) in [6.07, 6.45) is 2.92. The highest BCUT2D eigenvalue weighted by molar-refractivity contribution is 7.19. The molecule has 0 radical (unpaired) electrons. The number of aryl methyl sites for hydroxylation is 1. The number of carbonyl (C=O) groups excluding carboxylic acids is 2. The van der Waals surface area contributed by atoms with Gasteiger partial charge in [0.1, 0.15) is 0 Å². The summed E-state index contributed by atoms with van der Waals surface area (Å²) in [6.45, 7) is 4.31. The van der Waals surface area contributed by atoms with Gasteiger partial charge in [-0.3, -0.25) is 14.6 Å². The van der Waals surface area contributed by atoms with Gasteiger partial charge in [-0.25, -0.2) is 4.98 Å². The lowest BCUT2D eigenvalue weighted by Gasteiger charge is -2.04. The molecular formula is C17H20N4O2S. The summed E-state index contributed by atoms with van der Waals surface area (Å²) in [4.78, 5) is 33.3. The van der Waals surface area contributed by atoms with E-state index in [4.69, 9.17) is 0 Å². The Balaban J connectivity index is 1.51. The first-order chi connectivity index (χ1) is 11.5. The highest BCUT2D eigenvalue weighted by Crippen LogP contribution is 2.37. The SMILES string of the molecule is Cc1nc(NC(=O)CCNC(=O)[C@H]2C[C@@H]2C)sc1-c1ccccn1. The summed E-state index contributed by atoms with van der Waals surface area (Å²) in [5, 5.41) is 6.15. The van der Waals surface area contributed by atoms with Crippen LogP contribution in [0.1, 0.15) is 25.5 Å². The number of hydrogen-bond acceptors (Lipinski definition) is 5. The topological polar surface area (TPSA) is 84.0 Å². The van der Waals surface area contributed by atoms with Crippen molar-refractivity contribution in [2.75, 3.05) is 11.9 Å². The zero-order valence-electron chi connectivity index (χ0n) is 13.7. The van der Waals surface area contributed by atoms with Crippen molar-refractivity contribution in [2.24, 2.45) is 11.8 Å². The third kappa shape index (κ3) is 3.97. The lowest BCUT2D eigenvalue weighted by atomic mass is 10.3. The molecule has 0 saturated heterocycles. The number of hydrogen-bond donors (Lipinski definition) is 2. The van der Waals surface area contributed by atoms with Crippen molar-refractivity contribution < 1.29 is 9.59 Å². The molecule has 1 saturated carbocycles. The fourth-order valence-electron chi connectivity index (χ4n) is 2.48. The highest BCUT2D eigenvalue weighted by atomic mass is 32.1. The number of pyridine rings is 1. The Labute approximate surface area is 144 Å². The van der Waals surface area contributed by atoms with E-state index in [0.717, 1.165) is 22.7 Å². The first-order valence-corrected chi connectivity index (χ1v) is 8.82. The van der Waals surface area contributed by atoms with E-state index in [1.165, 1.54) is 11.3 Å². The summed E-state index contributed by atoms with van der Waals surface area (Å²) < 4.78 is 0. The van der Waals surface area contributed by atoms with Gasteiger partial charge in [0, 0.05) is 25.1 Å². The molecule has 7 heteroatoms. The molecule has 3 rings (SSSR count). The Hall–Kier alpha value is -2.28. The van der Waals surface area contributed by atoms with Gasteiger partial charge in [-0.2, -0.15) is 0 Å². The van der Waals surface area contributed by atoms with Gasteiger partial charge < -0.3 is 10.6 Å². The van der Waals surface area contributed by atoms with Gasteiger partial charge in [-0.05, 0) is 31.4 Å². The van der Waals surface area contributed by atoms with Crippen LogP contribution in [0.3, 0.4) is 0 Å². The molecular weight excluding hydrogens is 324 g/mol. The summed E-state index contributed by atoms with van der Waals surface area (Å²) in [5.41, 5.74) is 1.68. The predicted octanol–water partition coefficient (Wildman–Crippen LogP) is 2.61. The van der Waals surface area contributed by atoms with E-state index in [1.54, 1.807) is 6.20 Å². The smallest absolute Gasteiger partial charge is 0.227 e. The molecule has 6 nitrogen and oxygen atoms in total. The van der Waals surface area contributed by atoms with E-state index in [9.17, 15) is 9.59 Å². The number of rotatable bonds is 6. The predicted molar refractivity (Wildman–Crippen MR) is 93.6 cm³/mol. The molecule has 1 aliphatic carbocycles. The summed E-state index contributed by atoms with van der Waals surface area (Å²) >= 11 is 1.40. The van der Waals surface area contributed by atoms with Crippen LogP contribution in [0.2, 0.25) is 0 Å². The van der Waals surface area contributed by atoms with Crippen LogP contribution in [0.25, 0.3) is 10.6 Å². The molecule has 2 aromatic rings. The van der Waals surface area contributed by atoms with Crippen molar-refractivity contribution in [3.63, 3.8) is 0 Å². The van der Waals surface area contributed by atoms with Gasteiger partial charge in [0.25, 0.3) is 0 Å². The van der Waals surface area contributed by atoms with E-state index in [1.807, 2.05) is 25.1 Å². The van der Waals surface area contributed by atoms with Gasteiger partial charge >= 0.3 is 0 Å². The highest BCUT2D eigenvalue weighted by Gasteiger charge is 2.38. The van der Waals surface area contributed by atoms with Crippen LogP contribution >= 0.6 is 11.3 Å². The van der Waals surface area contributed by atoms with E-state index in [0.29, 0.717) is 17.6 Å². The molecule has 1 aliphatic rings. The minimum absolute atomic E-state index is 0.0535. The second-order valence-electron chi connectivity index (χ2n) is 6.06. The molecule has 0 bridgehead atoms. The number of anilines is 1. The molecule has 126 valence electrons. The molecule has 0 aliphatic heterocycles. The maximum atomic E-state index is 12.0. The Morgan fingerprint density at radius 1 is 1.38 bits per heavy atom. The normalized spacial score (nSPS) is 18.9. The number of nitrogens with one attached hydrogen (secondary N) is 2. The lowest BCUT2D eigenvalue weighted by molar-refractivity contribution is -0.122. The zero-order chi connectivity index (χ0) is 17.1. The van der Waals surface area contributed by atoms with Gasteiger partial charge in [0.05, 0.1) is 16.3 Å². The molecule has 2 amide bonds. The number of nitrogens with zero attached hydrogens (tertiary/aromatic N) is 2. The van der Waals surface area contributed by atoms with Crippen LogP contribution in [0.5, 0.6) is 0 Å². The minimum Gasteiger partial charge on any atom is -0.355 e. The Morgan fingerprint density at radius 2 is 2.17 bits per heavy atom. The molecule has 0 aromatic carbocycles. The Bertz CT molecular complexity index is 744. The molecule has 1 fully saturated rings. The third-order valence-corrected chi connectivity index (χ3v) is 5.13. The van der Waals surface area contributed by atoms with Crippen molar-refractivity contribution >= 4 is 28.3 Å². The van der Waals surface area contributed by atoms with Crippen LogP contribution in [-0.2, 0) is 9.59 Å². The Morgan fingerprint density at radius 3 is 2.83 bits per heavy atom. The van der Waals surface area contributed by atoms with Crippen LogP contribution in [0.4, 0.5) is 5.13 Å². The molecule has 0 unspecified atom stereocenters. The molecule has 24 heavy (non-hydrogen) atoms. The van der Waals surface area contributed by atoms with Gasteiger partial charge in [-0.1, -0.05) is 24.3 Å². The second-order valence-corrected chi connectivity index (χ2v) is 7.06. The monoisotopic (exact) mass is 344 g/mol. The molecule has 2 atom stereocenters. The average Bonchev–Trinajstić information content (AvgIpc) is 3.19. The number of amides is 2. The Kier molecular flexibility index (Phi) is 4.89. The first kappa shape index (κ1) is 16.6. The van der Waals surface area contributed by atoms with Crippen molar-refractivity contribution in [2.45, 2.75) is 26.7 Å². The van der Waals surface area contributed by atoms with Crippen molar-refractivity contribution in [3.05, 3.63) is 30.1 Å². The van der Waals surface area contributed by atoms with Crippen LogP contribution in [-0.4, -0.2) is 28.3 Å². The summed E-state index contributed by atoms with van der Waals surface area (Å²) in [5.74, 6) is 0.510. The van der Waals surface area contributed by atoms with Crippen LogP contribution in [0.15, 0.2) is 24.4 Å². The first-order valence-electron chi connectivity index (χ1n) is 8.01. The second kappa shape index (κ2) is 7.09. The van der Waals surface area contributed by atoms with Crippen molar-refractivity contribution in [1.82, 2.24) is 15.3 Å². The largest absolute Gasteiger partial charge is 0.355 e. The van der Waals surface area contributed by atoms with Gasteiger partial charge in [-0.15, -0.1) is 0 Å². The fourth-order valence-corrected chi connectivity index (χ4v) is 3.44. The number of carbonyl (C=O) groups is 2. The molecule has 2 heterocycles. The molecule has 2 aromatic heterocycles. The standard InChI is InChI=1S/C17H20N4O2S/c1-10-9-12(10)16(23)19-8-6-14(22)21-17-20-11(2)15(24-17)13-5-3-4-7-18-13/h3-5,7,10,12H,6,8-9H2,1-2H3,(H,19,23)(H,20,21,22)/t10-,12-/m0/s1. The zero-order valence-corrected chi connectivity index (χ0v) is 14.5. The minimum atomic E-state index is -0.152. The van der Waals surface area contributed by atoms with E-state index < -0.39 is 0 Å². The average molecular weight is 344 g/mol. The molecule has 2 N–H and O–H groups in total. The van der Waals surface area contributed by atoms with Gasteiger partial charge in [0.15, 0.2) is 5.13 Å². The maximum absolute atomic E-state index is 12.0. The lowest BCUT2D eigenvalue weighted by Crippen LogP contribution is -2.29. The number of thiazole rings is 1. The maximum Gasteiger partial charge on any atom is 0.227 e. The quantitative estimate of drug-likeness (QED) is 0.844.